The average molecular weight is 542 g/mol. The highest BCUT2D eigenvalue weighted by Gasteiger charge is 2.28. The molecular formula is C28H37F2N7O2. The number of aromatic nitrogens is 4. The van der Waals surface area contributed by atoms with Crippen molar-refractivity contribution >= 4 is 22.8 Å². The molecule has 0 amide bonds. The number of nitrogens with zero attached hydrogens (tertiary/aromatic N) is 6. The highest BCUT2D eigenvalue weighted by Crippen LogP contribution is 2.32. The Labute approximate surface area is 227 Å². The molecule has 1 aliphatic carbocycles. The fraction of sp³-hybridized carbons (Fsp3) is 0.607. The molecule has 0 radical (unpaired) electrons. The van der Waals surface area contributed by atoms with Gasteiger partial charge in [0, 0.05) is 44.8 Å². The topological polar surface area (TPSA) is 80.6 Å². The Balaban J connectivity index is 1.26. The summed E-state index contributed by atoms with van der Waals surface area (Å²) in [6, 6.07) is 7.95. The molecule has 6 rings (SSSR count). The Bertz CT molecular complexity index is 1270. The monoisotopic (exact) mass is 541 g/mol. The van der Waals surface area contributed by atoms with E-state index in [1.165, 1.54) is 17.4 Å². The van der Waals surface area contributed by atoms with Crippen LogP contribution in [-0.2, 0) is 9.47 Å². The number of aryl methyl sites for hydroxylation is 1. The van der Waals surface area contributed by atoms with Crippen LogP contribution in [0.2, 0.25) is 0 Å². The maximum atomic E-state index is 14.2. The van der Waals surface area contributed by atoms with Gasteiger partial charge in [0.25, 0.3) is 6.43 Å². The number of hydrogen-bond donors (Lipinski definition) is 1. The zero-order chi connectivity index (χ0) is 26.8. The Kier molecular flexibility index (Phi) is 7.90. The molecule has 0 atom stereocenters. The maximum absolute atomic E-state index is 14.2. The number of hydrogen-bond acceptors (Lipinski definition) is 8. The predicted molar refractivity (Wildman–Crippen MR) is 146 cm³/mol. The van der Waals surface area contributed by atoms with Crippen LogP contribution in [0.15, 0.2) is 24.3 Å². The normalized spacial score (nSPS) is 23.0. The van der Waals surface area contributed by atoms with Crippen LogP contribution in [0, 0.1) is 12.8 Å². The van der Waals surface area contributed by atoms with Crippen LogP contribution >= 0.6 is 0 Å². The number of halogens is 2. The summed E-state index contributed by atoms with van der Waals surface area (Å²) in [5.74, 6) is 1.78. The van der Waals surface area contributed by atoms with Crippen molar-refractivity contribution in [3.05, 3.63) is 35.7 Å². The third kappa shape index (κ3) is 5.71. The van der Waals surface area contributed by atoms with E-state index < -0.39 is 6.43 Å². The van der Waals surface area contributed by atoms with E-state index in [1.54, 1.807) is 12.1 Å². The average Bonchev–Trinajstić information content (AvgIpc) is 3.39. The minimum Gasteiger partial charge on any atom is -0.379 e. The molecule has 0 unspecified atom stereocenters. The number of rotatable bonds is 7. The van der Waals surface area contributed by atoms with Gasteiger partial charge in [-0.1, -0.05) is 12.1 Å². The van der Waals surface area contributed by atoms with Crippen LogP contribution in [0.25, 0.3) is 16.9 Å². The van der Waals surface area contributed by atoms with E-state index in [4.69, 9.17) is 19.4 Å². The largest absolute Gasteiger partial charge is 0.379 e. The van der Waals surface area contributed by atoms with Gasteiger partial charge in [0.2, 0.25) is 5.95 Å². The molecule has 210 valence electrons. The molecule has 1 saturated carbocycles. The molecule has 2 aliphatic heterocycles. The molecule has 39 heavy (non-hydrogen) atoms. The smallest absolute Gasteiger partial charge is 0.296 e. The van der Waals surface area contributed by atoms with Gasteiger partial charge in [-0.25, -0.2) is 13.8 Å². The molecule has 2 aromatic heterocycles. The van der Waals surface area contributed by atoms with Crippen LogP contribution in [-0.4, -0.2) is 89.6 Å². The second-order valence-corrected chi connectivity index (χ2v) is 10.8. The summed E-state index contributed by atoms with van der Waals surface area (Å²) in [4.78, 5) is 18.6. The second-order valence-electron chi connectivity index (χ2n) is 10.8. The minimum absolute atomic E-state index is 0.307. The van der Waals surface area contributed by atoms with Crippen molar-refractivity contribution in [1.82, 2.24) is 24.4 Å². The number of fused-ring (bicyclic) bond motifs is 1. The second kappa shape index (κ2) is 11.7. The van der Waals surface area contributed by atoms with E-state index in [9.17, 15) is 8.78 Å². The zero-order valence-electron chi connectivity index (χ0n) is 22.5. The Morgan fingerprint density at radius 3 is 2.33 bits per heavy atom. The van der Waals surface area contributed by atoms with Crippen molar-refractivity contribution in [2.45, 2.75) is 45.1 Å². The summed E-state index contributed by atoms with van der Waals surface area (Å²) in [5.41, 5.74) is 2.04. The molecule has 11 heteroatoms. The lowest BCUT2D eigenvalue weighted by Crippen LogP contribution is -2.45. The van der Waals surface area contributed by atoms with Crippen LogP contribution in [0.1, 0.15) is 43.5 Å². The summed E-state index contributed by atoms with van der Waals surface area (Å²) >= 11 is 0. The van der Waals surface area contributed by atoms with Crippen molar-refractivity contribution in [1.29, 1.82) is 0 Å². The number of alkyl halides is 2. The van der Waals surface area contributed by atoms with Gasteiger partial charge in [-0.15, -0.1) is 0 Å². The van der Waals surface area contributed by atoms with E-state index in [0.717, 1.165) is 51.3 Å². The number of anilines is 2. The Morgan fingerprint density at radius 1 is 0.923 bits per heavy atom. The summed E-state index contributed by atoms with van der Waals surface area (Å²) in [6.45, 7) is 8.97. The molecule has 0 bridgehead atoms. The maximum Gasteiger partial charge on any atom is 0.296 e. The van der Waals surface area contributed by atoms with Crippen LogP contribution in [0.5, 0.6) is 0 Å². The van der Waals surface area contributed by atoms with Crippen LogP contribution < -0.4 is 10.2 Å². The number of ether oxygens (including phenoxy) is 2. The van der Waals surface area contributed by atoms with Crippen molar-refractivity contribution in [3.63, 3.8) is 0 Å². The summed E-state index contributed by atoms with van der Waals surface area (Å²) in [5, 5.41) is 3.47. The number of benzene rings is 1. The van der Waals surface area contributed by atoms with Crippen LogP contribution in [0.4, 0.5) is 20.5 Å². The van der Waals surface area contributed by atoms with E-state index in [-0.39, 0.29) is 5.82 Å². The Hall–Kier alpha value is -2.89. The standard InChI is InChI=1S/C28H37F2N7O2/c1-19-3-2-4-22-25(19)37(27(32-22)26(29)30)24-17-23(36-11-15-39-16-12-36)33-28(34-24)31-18-20-5-7-21(8-6-20)35-9-13-38-14-10-35/h2-4,17,20-21,26H,5-16,18H2,1H3,(H,31,33,34). The summed E-state index contributed by atoms with van der Waals surface area (Å²) in [7, 11) is 0. The third-order valence-electron chi connectivity index (χ3n) is 8.29. The third-order valence-corrected chi connectivity index (χ3v) is 8.29. The number of nitrogens with one attached hydrogen (secondary N) is 1. The first-order chi connectivity index (χ1) is 19.1. The molecule has 0 spiro atoms. The molecule has 3 aliphatic rings. The molecule has 3 fully saturated rings. The first-order valence-electron chi connectivity index (χ1n) is 14.1. The van der Waals surface area contributed by atoms with Gasteiger partial charge in [-0.3, -0.25) is 9.47 Å². The fourth-order valence-electron chi connectivity index (χ4n) is 6.15. The van der Waals surface area contributed by atoms with E-state index in [2.05, 4.69) is 20.1 Å². The van der Waals surface area contributed by atoms with Crippen molar-refractivity contribution in [2.24, 2.45) is 5.92 Å². The van der Waals surface area contributed by atoms with Gasteiger partial charge in [-0.2, -0.15) is 9.97 Å². The van der Waals surface area contributed by atoms with Gasteiger partial charge >= 0.3 is 0 Å². The Morgan fingerprint density at radius 2 is 1.62 bits per heavy atom. The lowest BCUT2D eigenvalue weighted by molar-refractivity contribution is 0.00539. The molecule has 9 nitrogen and oxygen atoms in total. The number of imidazole rings is 1. The van der Waals surface area contributed by atoms with E-state index in [0.29, 0.717) is 66.9 Å². The van der Waals surface area contributed by atoms with Crippen LogP contribution in [0.3, 0.4) is 0 Å². The minimum atomic E-state index is -2.74. The van der Waals surface area contributed by atoms with E-state index in [1.807, 2.05) is 19.1 Å². The van der Waals surface area contributed by atoms with Gasteiger partial charge in [0.05, 0.1) is 37.5 Å². The first kappa shape index (κ1) is 26.3. The van der Waals surface area contributed by atoms with Gasteiger partial charge in [-0.05, 0) is 50.2 Å². The van der Waals surface area contributed by atoms with Crippen molar-refractivity contribution in [2.75, 3.05) is 69.4 Å². The summed E-state index contributed by atoms with van der Waals surface area (Å²) < 4.78 is 41.0. The zero-order valence-corrected chi connectivity index (χ0v) is 22.5. The predicted octanol–water partition coefficient (Wildman–Crippen LogP) is 4.20. The lowest BCUT2D eigenvalue weighted by Gasteiger charge is -2.38. The molecular weight excluding hydrogens is 504 g/mol. The number of morpholine rings is 2. The molecule has 2 saturated heterocycles. The van der Waals surface area contributed by atoms with Crippen molar-refractivity contribution < 1.29 is 18.3 Å². The van der Waals surface area contributed by atoms with Gasteiger partial charge in [0.1, 0.15) is 11.6 Å². The lowest BCUT2D eigenvalue weighted by atomic mass is 9.85. The van der Waals surface area contributed by atoms with Gasteiger partial charge in [0.15, 0.2) is 5.82 Å². The summed E-state index contributed by atoms with van der Waals surface area (Å²) in [6.07, 6.45) is 1.92. The SMILES string of the molecule is Cc1cccc2nc(C(F)F)n(-c3cc(N4CCOCC4)nc(NCC4CCC(N5CCOCC5)CC4)n3)c12. The molecule has 1 aromatic carbocycles. The number of para-hydroxylation sites is 1. The highest BCUT2D eigenvalue weighted by molar-refractivity contribution is 5.81. The molecule has 1 N–H and O–H groups in total. The molecule has 3 aromatic rings. The quantitative estimate of drug-likeness (QED) is 0.477. The van der Waals surface area contributed by atoms with Gasteiger partial charge < -0.3 is 19.7 Å². The molecule has 4 heterocycles. The van der Waals surface area contributed by atoms with E-state index >= 15 is 0 Å². The highest BCUT2D eigenvalue weighted by atomic mass is 19.3. The fourth-order valence-corrected chi connectivity index (χ4v) is 6.15. The first-order valence-corrected chi connectivity index (χ1v) is 14.1. The van der Waals surface area contributed by atoms with Crippen molar-refractivity contribution in [3.8, 4) is 5.82 Å².